The Labute approximate surface area is 101 Å². The van der Waals surface area contributed by atoms with E-state index in [1.165, 1.54) is 0 Å². The van der Waals surface area contributed by atoms with Crippen LogP contribution in [-0.2, 0) is 6.42 Å². The topological polar surface area (TPSA) is 64.7 Å². The van der Waals surface area contributed by atoms with E-state index in [1.807, 2.05) is 30.6 Å². The summed E-state index contributed by atoms with van der Waals surface area (Å²) in [4.78, 5) is 12.8. The van der Waals surface area contributed by atoms with Crippen molar-refractivity contribution >= 4 is 0 Å². The summed E-state index contributed by atoms with van der Waals surface area (Å²) >= 11 is 0. The van der Waals surface area contributed by atoms with Gasteiger partial charge in [-0.3, -0.25) is 4.98 Å². The van der Waals surface area contributed by atoms with Crippen LogP contribution in [0.4, 0.5) is 0 Å². The summed E-state index contributed by atoms with van der Waals surface area (Å²) in [7, 11) is 0. The van der Waals surface area contributed by atoms with E-state index in [0.717, 1.165) is 24.1 Å². The lowest BCUT2D eigenvalue weighted by atomic mass is 10.1. The molecule has 0 aliphatic heterocycles. The minimum atomic E-state index is 0.180. The molecule has 17 heavy (non-hydrogen) atoms. The van der Waals surface area contributed by atoms with Crippen molar-refractivity contribution in [2.45, 2.75) is 25.8 Å². The summed E-state index contributed by atoms with van der Waals surface area (Å²) in [5, 5.41) is 0. The van der Waals surface area contributed by atoms with Crippen molar-refractivity contribution in [3.8, 4) is 11.5 Å². The number of hydrogen-bond acceptors (Lipinski definition) is 4. The van der Waals surface area contributed by atoms with Crippen LogP contribution in [0.5, 0.6) is 0 Å². The second kappa shape index (κ2) is 5.50. The van der Waals surface area contributed by atoms with Gasteiger partial charge in [0.1, 0.15) is 5.69 Å². The number of pyridine rings is 1. The largest absolute Gasteiger partial charge is 0.327 e. The molecule has 88 valence electrons. The van der Waals surface area contributed by atoms with E-state index >= 15 is 0 Å². The van der Waals surface area contributed by atoms with E-state index in [-0.39, 0.29) is 6.04 Å². The molecule has 0 amide bonds. The van der Waals surface area contributed by atoms with Crippen molar-refractivity contribution in [2.24, 2.45) is 5.73 Å². The Bertz CT molecular complexity index is 453. The molecule has 2 aromatic rings. The Morgan fingerprint density at radius 1 is 1.18 bits per heavy atom. The Kier molecular flexibility index (Phi) is 3.77. The molecule has 4 nitrogen and oxygen atoms in total. The molecule has 4 heteroatoms. The average Bonchev–Trinajstić information content (AvgIpc) is 2.40. The predicted octanol–water partition coefficient (Wildman–Crippen LogP) is 1.82. The Morgan fingerprint density at radius 3 is 2.53 bits per heavy atom. The number of aromatic nitrogens is 3. The van der Waals surface area contributed by atoms with Gasteiger partial charge >= 0.3 is 0 Å². The third kappa shape index (κ3) is 3.07. The molecular formula is C13H16N4. The minimum Gasteiger partial charge on any atom is -0.327 e. The summed E-state index contributed by atoms with van der Waals surface area (Å²) < 4.78 is 0. The maximum Gasteiger partial charge on any atom is 0.178 e. The molecule has 0 saturated heterocycles. The minimum absolute atomic E-state index is 0.180. The maximum absolute atomic E-state index is 5.89. The van der Waals surface area contributed by atoms with Gasteiger partial charge in [-0.15, -0.1) is 0 Å². The number of rotatable bonds is 4. The third-order valence-electron chi connectivity index (χ3n) is 2.62. The molecule has 2 heterocycles. The molecule has 1 unspecified atom stereocenters. The SMILES string of the molecule is CCC(N)Cc1cnc(-c2ccccn2)nc1. The van der Waals surface area contributed by atoms with Crippen LogP contribution in [0.2, 0.25) is 0 Å². The molecule has 2 rings (SSSR count). The van der Waals surface area contributed by atoms with Crippen LogP contribution in [0.25, 0.3) is 11.5 Å². The molecule has 2 aromatic heterocycles. The van der Waals surface area contributed by atoms with Gasteiger partial charge in [0.25, 0.3) is 0 Å². The van der Waals surface area contributed by atoms with E-state index in [1.54, 1.807) is 6.20 Å². The van der Waals surface area contributed by atoms with E-state index in [9.17, 15) is 0 Å². The zero-order valence-electron chi connectivity index (χ0n) is 9.87. The van der Waals surface area contributed by atoms with Gasteiger partial charge in [0.2, 0.25) is 0 Å². The van der Waals surface area contributed by atoms with Crippen LogP contribution in [0.15, 0.2) is 36.8 Å². The Morgan fingerprint density at radius 2 is 1.94 bits per heavy atom. The molecule has 0 bridgehead atoms. The highest BCUT2D eigenvalue weighted by Crippen LogP contribution is 2.10. The number of nitrogens with zero attached hydrogens (tertiary/aromatic N) is 3. The molecular weight excluding hydrogens is 212 g/mol. The van der Waals surface area contributed by atoms with Crippen LogP contribution in [0.3, 0.4) is 0 Å². The summed E-state index contributed by atoms with van der Waals surface area (Å²) in [6.45, 7) is 2.08. The number of hydrogen-bond donors (Lipinski definition) is 1. The summed E-state index contributed by atoms with van der Waals surface area (Å²) in [6, 6.07) is 5.87. The zero-order chi connectivity index (χ0) is 12.1. The third-order valence-corrected chi connectivity index (χ3v) is 2.62. The molecule has 0 radical (unpaired) electrons. The number of nitrogens with two attached hydrogens (primary N) is 1. The fraction of sp³-hybridized carbons (Fsp3) is 0.308. The highest BCUT2D eigenvalue weighted by Gasteiger charge is 2.04. The van der Waals surface area contributed by atoms with E-state index < -0.39 is 0 Å². The van der Waals surface area contributed by atoms with Gasteiger partial charge in [-0.25, -0.2) is 9.97 Å². The Balaban J connectivity index is 2.13. The fourth-order valence-electron chi connectivity index (χ4n) is 1.53. The van der Waals surface area contributed by atoms with Gasteiger partial charge in [-0.1, -0.05) is 13.0 Å². The lowest BCUT2D eigenvalue weighted by Gasteiger charge is -2.07. The quantitative estimate of drug-likeness (QED) is 0.866. The lowest BCUT2D eigenvalue weighted by Crippen LogP contribution is -2.21. The van der Waals surface area contributed by atoms with E-state index in [2.05, 4.69) is 21.9 Å². The lowest BCUT2D eigenvalue weighted by molar-refractivity contribution is 0.643. The first kappa shape index (κ1) is 11.7. The molecule has 0 fully saturated rings. The molecule has 0 aliphatic carbocycles. The highest BCUT2D eigenvalue weighted by atomic mass is 14.9. The van der Waals surface area contributed by atoms with Crippen LogP contribution >= 0.6 is 0 Å². The van der Waals surface area contributed by atoms with Gasteiger partial charge < -0.3 is 5.73 Å². The van der Waals surface area contributed by atoms with Crippen molar-refractivity contribution in [3.05, 3.63) is 42.4 Å². The molecule has 0 aliphatic rings. The van der Waals surface area contributed by atoms with Crippen molar-refractivity contribution in [1.82, 2.24) is 15.0 Å². The second-order valence-electron chi connectivity index (χ2n) is 4.00. The Hall–Kier alpha value is -1.81. The monoisotopic (exact) mass is 228 g/mol. The summed E-state index contributed by atoms with van der Waals surface area (Å²) in [6.07, 6.45) is 7.17. The van der Waals surface area contributed by atoms with Crippen LogP contribution in [-0.4, -0.2) is 21.0 Å². The first-order valence-electron chi connectivity index (χ1n) is 5.77. The predicted molar refractivity (Wildman–Crippen MR) is 67.2 cm³/mol. The van der Waals surface area contributed by atoms with Gasteiger partial charge in [0.05, 0.1) is 0 Å². The van der Waals surface area contributed by atoms with Gasteiger partial charge in [0, 0.05) is 24.6 Å². The van der Waals surface area contributed by atoms with E-state index in [0.29, 0.717) is 5.82 Å². The second-order valence-corrected chi connectivity index (χ2v) is 4.00. The van der Waals surface area contributed by atoms with Gasteiger partial charge in [0.15, 0.2) is 5.82 Å². The molecule has 0 spiro atoms. The van der Waals surface area contributed by atoms with E-state index in [4.69, 9.17) is 5.73 Å². The summed E-state index contributed by atoms with van der Waals surface area (Å²) in [5.74, 6) is 0.652. The standard InChI is InChI=1S/C13H16N4/c1-2-11(14)7-10-8-16-13(17-9-10)12-5-3-4-6-15-12/h3-6,8-9,11H,2,7,14H2,1H3. The first-order valence-corrected chi connectivity index (χ1v) is 5.77. The van der Waals surface area contributed by atoms with Gasteiger partial charge in [-0.2, -0.15) is 0 Å². The average molecular weight is 228 g/mol. The smallest absolute Gasteiger partial charge is 0.178 e. The normalized spacial score (nSPS) is 12.4. The van der Waals surface area contributed by atoms with Crippen molar-refractivity contribution < 1.29 is 0 Å². The summed E-state index contributed by atoms with van der Waals surface area (Å²) in [5.41, 5.74) is 7.75. The molecule has 0 aromatic carbocycles. The first-order chi connectivity index (χ1) is 8.29. The van der Waals surface area contributed by atoms with Crippen LogP contribution in [0, 0.1) is 0 Å². The van der Waals surface area contributed by atoms with Crippen LogP contribution in [0.1, 0.15) is 18.9 Å². The van der Waals surface area contributed by atoms with Crippen molar-refractivity contribution in [3.63, 3.8) is 0 Å². The zero-order valence-corrected chi connectivity index (χ0v) is 9.87. The fourth-order valence-corrected chi connectivity index (χ4v) is 1.53. The van der Waals surface area contributed by atoms with Crippen LogP contribution < -0.4 is 5.73 Å². The van der Waals surface area contributed by atoms with Gasteiger partial charge in [-0.05, 0) is 30.5 Å². The maximum atomic E-state index is 5.89. The highest BCUT2D eigenvalue weighted by molar-refractivity contribution is 5.47. The molecule has 1 atom stereocenters. The van der Waals surface area contributed by atoms with Crippen molar-refractivity contribution in [2.75, 3.05) is 0 Å². The molecule has 2 N–H and O–H groups in total. The van der Waals surface area contributed by atoms with Crippen molar-refractivity contribution in [1.29, 1.82) is 0 Å². The molecule has 0 saturated carbocycles.